The number of amides is 1. The molecule has 0 bridgehead atoms. The Bertz CT molecular complexity index is 253. The van der Waals surface area contributed by atoms with E-state index in [1.54, 1.807) is 13.8 Å². The monoisotopic (exact) mass is 283 g/mol. The average molecular weight is 283 g/mol. The first kappa shape index (κ1) is 17.0. The Morgan fingerprint density at radius 3 is 2.29 bits per heavy atom. The number of carbonyl (C=O) groups is 1. The molecule has 0 fully saturated rings. The van der Waals surface area contributed by atoms with Gasteiger partial charge in [-0.2, -0.15) is 0 Å². The maximum atomic E-state index is 12.0. The molecule has 0 radical (unpaired) electrons. The normalized spacial score (nSPS) is 11.5. The molecule has 5 nitrogen and oxygen atoms in total. The van der Waals surface area contributed by atoms with Crippen molar-refractivity contribution in [2.24, 2.45) is 0 Å². The number of rotatable bonds is 10. The lowest BCUT2D eigenvalue weighted by atomic mass is 10.3. The van der Waals surface area contributed by atoms with Crippen molar-refractivity contribution in [1.29, 1.82) is 0 Å². The summed E-state index contributed by atoms with van der Waals surface area (Å²) in [6, 6.07) is 0. The van der Waals surface area contributed by atoms with Gasteiger partial charge in [-0.1, -0.05) is 13.3 Å². The molecule has 0 saturated carbocycles. The van der Waals surface area contributed by atoms with E-state index in [0.717, 1.165) is 24.2 Å². The molecule has 0 atom stereocenters. The lowest BCUT2D eigenvalue weighted by molar-refractivity contribution is -0.118. The van der Waals surface area contributed by atoms with Crippen LogP contribution in [0.5, 0.6) is 0 Å². The van der Waals surface area contributed by atoms with Crippen LogP contribution in [-0.2, 0) is 18.4 Å². The van der Waals surface area contributed by atoms with Crippen molar-refractivity contribution in [1.82, 2.24) is 5.32 Å². The second-order valence-electron chi connectivity index (χ2n) is 3.26. The van der Waals surface area contributed by atoms with E-state index in [9.17, 15) is 9.36 Å². The van der Waals surface area contributed by atoms with E-state index in [2.05, 4.69) is 12.2 Å². The van der Waals surface area contributed by atoms with E-state index < -0.39 is 6.80 Å². The molecule has 1 amide bonds. The highest BCUT2D eigenvalue weighted by atomic mass is 32.7. The van der Waals surface area contributed by atoms with Gasteiger partial charge in [0.1, 0.15) is 0 Å². The SMILES string of the molecule is CCCCNC(=O)CSP(=O)(OCC)OCC. The molecule has 102 valence electrons. The second kappa shape index (κ2) is 9.95. The molecule has 0 aromatic rings. The van der Waals surface area contributed by atoms with Crippen LogP contribution in [0.4, 0.5) is 0 Å². The molecular formula is C10H22NO4PS. The Labute approximate surface area is 107 Å². The molecule has 0 unspecified atom stereocenters. The highest BCUT2D eigenvalue weighted by molar-refractivity contribution is 8.55. The fourth-order valence-corrected chi connectivity index (χ4v) is 4.16. The summed E-state index contributed by atoms with van der Waals surface area (Å²) >= 11 is 0.938. The molecule has 0 spiro atoms. The lowest BCUT2D eigenvalue weighted by Crippen LogP contribution is -2.26. The largest absolute Gasteiger partial charge is 0.389 e. The van der Waals surface area contributed by atoms with E-state index >= 15 is 0 Å². The molecule has 0 heterocycles. The third-order valence-corrected chi connectivity index (χ3v) is 5.61. The van der Waals surface area contributed by atoms with Gasteiger partial charge < -0.3 is 14.4 Å². The Hall–Kier alpha value is -0.0300. The van der Waals surface area contributed by atoms with Crippen LogP contribution in [-0.4, -0.2) is 31.4 Å². The van der Waals surface area contributed by atoms with Gasteiger partial charge in [-0.3, -0.25) is 4.79 Å². The molecule has 0 aromatic carbocycles. The van der Waals surface area contributed by atoms with Gasteiger partial charge >= 0.3 is 6.80 Å². The van der Waals surface area contributed by atoms with E-state index in [1.807, 2.05) is 0 Å². The predicted octanol–water partition coefficient (Wildman–Crippen LogP) is 2.82. The predicted molar refractivity (Wildman–Crippen MR) is 71.2 cm³/mol. The fraction of sp³-hybridized carbons (Fsp3) is 0.900. The first-order chi connectivity index (χ1) is 8.08. The van der Waals surface area contributed by atoms with Crippen LogP contribution in [0, 0.1) is 0 Å². The summed E-state index contributed by atoms with van der Waals surface area (Å²) < 4.78 is 22.1. The molecule has 1 N–H and O–H groups in total. The average Bonchev–Trinajstić information content (AvgIpc) is 2.28. The van der Waals surface area contributed by atoms with Crippen molar-refractivity contribution >= 4 is 24.1 Å². The third kappa shape index (κ3) is 8.66. The molecule has 17 heavy (non-hydrogen) atoms. The molecule has 0 rings (SSSR count). The summed E-state index contributed by atoms with van der Waals surface area (Å²) in [7, 11) is 0. The van der Waals surface area contributed by atoms with Gasteiger partial charge in [-0.15, -0.1) is 0 Å². The smallest absolute Gasteiger partial charge is 0.355 e. The highest BCUT2D eigenvalue weighted by Crippen LogP contribution is 2.60. The molecule has 0 aliphatic rings. The Balaban J connectivity index is 3.95. The lowest BCUT2D eigenvalue weighted by Gasteiger charge is -2.15. The fourth-order valence-electron chi connectivity index (χ4n) is 1.02. The van der Waals surface area contributed by atoms with Crippen molar-refractivity contribution < 1.29 is 18.4 Å². The minimum absolute atomic E-state index is 0.0982. The third-order valence-electron chi connectivity index (χ3n) is 1.78. The molecule has 0 aliphatic heterocycles. The number of hydrogen-bond acceptors (Lipinski definition) is 5. The number of carbonyl (C=O) groups excluding carboxylic acids is 1. The first-order valence-electron chi connectivity index (χ1n) is 5.88. The first-order valence-corrected chi connectivity index (χ1v) is 9.01. The molecule has 0 aromatic heterocycles. The van der Waals surface area contributed by atoms with Gasteiger partial charge in [0.25, 0.3) is 0 Å². The minimum Gasteiger partial charge on any atom is -0.355 e. The van der Waals surface area contributed by atoms with Gasteiger partial charge in [-0.05, 0) is 31.7 Å². The van der Waals surface area contributed by atoms with Crippen molar-refractivity contribution in [3.8, 4) is 0 Å². The summed E-state index contributed by atoms with van der Waals surface area (Å²) in [4.78, 5) is 11.4. The Kier molecular flexibility index (Phi) is 9.93. The van der Waals surface area contributed by atoms with Crippen molar-refractivity contribution in [3.63, 3.8) is 0 Å². The Morgan fingerprint density at radius 1 is 1.24 bits per heavy atom. The topological polar surface area (TPSA) is 64.6 Å². The zero-order valence-electron chi connectivity index (χ0n) is 10.7. The number of hydrogen-bond donors (Lipinski definition) is 1. The minimum atomic E-state index is -3.16. The van der Waals surface area contributed by atoms with Crippen LogP contribution in [0.3, 0.4) is 0 Å². The van der Waals surface area contributed by atoms with E-state index in [0.29, 0.717) is 19.8 Å². The zero-order valence-corrected chi connectivity index (χ0v) is 12.4. The van der Waals surface area contributed by atoms with Crippen LogP contribution in [0.25, 0.3) is 0 Å². The van der Waals surface area contributed by atoms with Crippen LogP contribution < -0.4 is 5.32 Å². The number of nitrogens with one attached hydrogen (secondary N) is 1. The van der Waals surface area contributed by atoms with Gasteiger partial charge in [0.05, 0.1) is 19.0 Å². The zero-order chi connectivity index (χ0) is 13.1. The van der Waals surface area contributed by atoms with Crippen LogP contribution in [0.2, 0.25) is 0 Å². The summed E-state index contributed by atoms with van der Waals surface area (Å²) in [5.74, 6) is -0.0378. The molecule has 7 heteroatoms. The van der Waals surface area contributed by atoms with Gasteiger partial charge in [0, 0.05) is 6.54 Å². The van der Waals surface area contributed by atoms with E-state index in [-0.39, 0.29) is 11.7 Å². The highest BCUT2D eigenvalue weighted by Gasteiger charge is 2.25. The van der Waals surface area contributed by atoms with Gasteiger partial charge in [-0.25, -0.2) is 4.57 Å². The maximum Gasteiger partial charge on any atom is 0.389 e. The van der Waals surface area contributed by atoms with Gasteiger partial charge in [0.15, 0.2) is 0 Å². The van der Waals surface area contributed by atoms with Crippen LogP contribution >= 0.6 is 18.2 Å². The van der Waals surface area contributed by atoms with Crippen molar-refractivity contribution in [2.75, 3.05) is 25.5 Å². The van der Waals surface area contributed by atoms with Crippen molar-refractivity contribution in [2.45, 2.75) is 33.6 Å². The summed E-state index contributed by atoms with van der Waals surface area (Å²) in [5, 5.41) is 2.75. The quantitative estimate of drug-likeness (QED) is 0.493. The second-order valence-corrected chi connectivity index (χ2v) is 7.33. The van der Waals surface area contributed by atoms with E-state index in [1.165, 1.54) is 0 Å². The van der Waals surface area contributed by atoms with Crippen LogP contribution in [0.15, 0.2) is 0 Å². The Morgan fingerprint density at radius 2 is 1.82 bits per heavy atom. The summed E-state index contributed by atoms with van der Waals surface area (Å²) in [6.07, 6.45) is 1.98. The molecular weight excluding hydrogens is 261 g/mol. The standard InChI is InChI=1S/C10H22NO4PS/c1-4-7-8-11-10(12)9-17-16(13,14-5-2)15-6-3/h4-9H2,1-3H3,(H,11,12). The van der Waals surface area contributed by atoms with E-state index in [4.69, 9.17) is 9.05 Å². The summed E-state index contributed by atoms with van der Waals surface area (Å²) in [5.41, 5.74) is 0. The molecule has 0 aliphatic carbocycles. The molecule has 0 saturated heterocycles. The number of unbranched alkanes of at least 4 members (excludes halogenated alkanes) is 1. The summed E-state index contributed by atoms with van der Waals surface area (Å²) in [6.45, 7) is 3.66. The van der Waals surface area contributed by atoms with Crippen LogP contribution in [0.1, 0.15) is 33.6 Å². The van der Waals surface area contributed by atoms with Gasteiger partial charge in [0.2, 0.25) is 5.91 Å². The van der Waals surface area contributed by atoms with Crippen molar-refractivity contribution in [3.05, 3.63) is 0 Å². The maximum absolute atomic E-state index is 12.0.